The Bertz CT molecular complexity index is 987. The summed E-state index contributed by atoms with van der Waals surface area (Å²) in [6.45, 7) is 5.15. The summed E-state index contributed by atoms with van der Waals surface area (Å²) >= 11 is 0. The van der Waals surface area contributed by atoms with Crippen LogP contribution in [0.4, 0.5) is 0 Å². The van der Waals surface area contributed by atoms with Gasteiger partial charge in [0.1, 0.15) is 13.1 Å². The lowest BCUT2D eigenvalue weighted by Crippen LogP contribution is -3.13. The molecule has 0 spiro atoms. The molecule has 154 valence electrons. The number of rotatable bonds is 7. The number of aromatic nitrogens is 1. The van der Waals surface area contributed by atoms with Gasteiger partial charge < -0.3 is 9.47 Å². The summed E-state index contributed by atoms with van der Waals surface area (Å²) in [5.74, 6) is 0. The van der Waals surface area contributed by atoms with E-state index in [2.05, 4.69) is 72.3 Å². The van der Waals surface area contributed by atoms with Gasteiger partial charge >= 0.3 is 0 Å². The molecule has 1 aromatic heterocycles. The van der Waals surface area contributed by atoms with Gasteiger partial charge in [0.15, 0.2) is 0 Å². The summed E-state index contributed by atoms with van der Waals surface area (Å²) in [5, 5.41) is 9.10. The first-order valence-corrected chi connectivity index (χ1v) is 11.2. The van der Waals surface area contributed by atoms with Gasteiger partial charge in [-0.05, 0) is 62.4 Å². The molecule has 1 saturated carbocycles. The van der Waals surface area contributed by atoms with Gasteiger partial charge in [0.05, 0.1) is 23.4 Å². The van der Waals surface area contributed by atoms with Crippen molar-refractivity contribution in [3.05, 3.63) is 94.8 Å². The van der Waals surface area contributed by atoms with Crippen LogP contribution in [0.1, 0.15) is 60.1 Å². The third kappa shape index (κ3) is 5.20. The Kier molecular flexibility index (Phi) is 6.67. The molecule has 1 aliphatic carbocycles. The first-order valence-electron chi connectivity index (χ1n) is 11.2. The summed E-state index contributed by atoms with van der Waals surface area (Å²) in [5.41, 5.74) is 6.15. The normalized spacial score (nSPS) is 15.6. The van der Waals surface area contributed by atoms with Crippen LogP contribution in [0.15, 0.2) is 66.9 Å². The molecule has 3 aromatic rings. The minimum absolute atomic E-state index is 0.719. The lowest BCUT2D eigenvalue weighted by molar-refractivity contribution is -0.953. The van der Waals surface area contributed by atoms with E-state index in [4.69, 9.17) is 5.26 Å². The van der Waals surface area contributed by atoms with Crippen LogP contribution < -0.4 is 4.90 Å². The average Bonchev–Trinajstić information content (AvgIpc) is 3.21. The van der Waals surface area contributed by atoms with Crippen molar-refractivity contribution in [2.75, 3.05) is 0 Å². The fourth-order valence-corrected chi connectivity index (χ4v) is 4.83. The Morgan fingerprint density at radius 1 is 0.933 bits per heavy atom. The quantitative estimate of drug-likeness (QED) is 0.618. The molecule has 4 rings (SSSR count). The van der Waals surface area contributed by atoms with E-state index in [-0.39, 0.29) is 0 Å². The molecule has 0 saturated heterocycles. The fourth-order valence-electron chi connectivity index (χ4n) is 4.83. The van der Waals surface area contributed by atoms with Crippen LogP contribution in [0.3, 0.4) is 0 Å². The summed E-state index contributed by atoms with van der Waals surface area (Å²) in [4.78, 5) is 1.66. The molecule has 1 atom stereocenters. The van der Waals surface area contributed by atoms with Crippen molar-refractivity contribution >= 4 is 0 Å². The lowest BCUT2D eigenvalue weighted by atomic mass is 9.93. The van der Waals surface area contributed by atoms with Gasteiger partial charge in [-0.3, -0.25) is 0 Å². The van der Waals surface area contributed by atoms with Crippen LogP contribution in [-0.4, -0.2) is 10.6 Å². The molecule has 1 N–H and O–H groups in total. The number of hydrogen-bond acceptors (Lipinski definition) is 1. The maximum atomic E-state index is 9.10. The predicted octanol–water partition coefficient (Wildman–Crippen LogP) is 4.63. The molecule has 0 bridgehead atoms. The summed E-state index contributed by atoms with van der Waals surface area (Å²) < 4.78 is 2.41. The third-order valence-corrected chi connectivity index (χ3v) is 6.46. The van der Waals surface area contributed by atoms with Gasteiger partial charge in [-0.25, -0.2) is 0 Å². The molecule has 0 aliphatic heterocycles. The SMILES string of the molecule is Cc1cccc(Cn2cccc2C[NH+](Cc2ccc(C#N)cc2)C2CCCCC2)c1. The number of hydrogen-bond donors (Lipinski definition) is 1. The highest BCUT2D eigenvalue weighted by atomic mass is 15.2. The van der Waals surface area contributed by atoms with Crippen LogP contribution in [0.5, 0.6) is 0 Å². The zero-order chi connectivity index (χ0) is 20.8. The van der Waals surface area contributed by atoms with E-state index in [9.17, 15) is 0 Å². The molecular weight excluding hydrogens is 366 g/mol. The maximum Gasteiger partial charge on any atom is 0.118 e. The molecule has 0 radical (unpaired) electrons. The van der Waals surface area contributed by atoms with E-state index in [1.54, 1.807) is 4.90 Å². The topological polar surface area (TPSA) is 33.2 Å². The van der Waals surface area contributed by atoms with Crippen molar-refractivity contribution in [1.82, 2.24) is 4.57 Å². The Morgan fingerprint density at radius 2 is 1.73 bits per heavy atom. The molecule has 30 heavy (non-hydrogen) atoms. The predicted molar refractivity (Wildman–Crippen MR) is 121 cm³/mol. The molecule has 1 heterocycles. The van der Waals surface area contributed by atoms with Gasteiger partial charge in [0, 0.05) is 18.3 Å². The fraction of sp³-hybridized carbons (Fsp3) is 0.370. The molecule has 3 heteroatoms. The van der Waals surface area contributed by atoms with Crippen LogP contribution in [0.2, 0.25) is 0 Å². The molecule has 0 amide bonds. The van der Waals surface area contributed by atoms with E-state index < -0.39 is 0 Å². The number of quaternary nitrogens is 1. The number of nitrogens with one attached hydrogen (secondary N) is 1. The van der Waals surface area contributed by atoms with E-state index in [0.717, 1.165) is 31.2 Å². The zero-order valence-electron chi connectivity index (χ0n) is 18.0. The van der Waals surface area contributed by atoms with Gasteiger partial charge in [-0.15, -0.1) is 0 Å². The van der Waals surface area contributed by atoms with Crippen molar-refractivity contribution in [2.45, 2.75) is 64.7 Å². The summed E-state index contributed by atoms with van der Waals surface area (Å²) in [6.07, 6.45) is 8.95. The number of nitriles is 1. The summed E-state index contributed by atoms with van der Waals surface area (Å²) in [7, 11) is 0. The second-order valence-corrected chi connectivity index (χ2v) is 8.77. The van der Waals surface area contributed by atoms with Crippen molar-refractivity contribution in [2.24, 2.45) is 0 Å². The Labute approximate surface area is 180 Å². The highest BCUT2D eigenvalue weighted by Gasteiger charge is 2.26. The van der Waals surface area contributed by atoms with Crippen molar-refractivity contribution in [1.29, 1.82) is 5.26 Å². The van der Waals surface area contributed by atoms with Crippen molar-refractivity contribution in [3.63, 3.8) is 0 Å². The van der Waals surface area contributed by atoms with Gasteiger partial charge in [0.25, 0.3) is 0 Å². The molecule has 3 nitrogen and oxygen atoms in total. The first-order chi connectivity index (χ1) is 14.7. The largest absolute Gasteiger partial charge is 0.342 e. The third-order valence-electron chi connectivity index (χ3n) is 6.46. The molecule has 1 fully saturated rings. The number of aryl methyl sites for hydroxylation is 1. The van der Waals surface area contributed by atoms with E-state index in [1.807, 2.05) is 12.1 Å². The van der Waals surface area contributed by atoms with E-state index >= 15 is 0 Å². The van der Waals surface area contributed by atoms with Crippen molar-refractivity contribution in [3.8, 4) is 6.07 Å². The van der Waals surface area contributed by atoms with Crippen LogP contribution in [0, 0.1) is 18.3 Å². The van der Waals surface area contributed by atoms with Crippen molar-refractivity contribution < 1.29 is 4.90 Å². The number of nitrogens with zero attached hydrogens (tertiary/aromatic N) is 2. The standard InChI is InChI=1S/C27H31N3/c1-22-7-5-8-25(17-22)20-29-16-6-11-27(29)21-30(26-9-3-2-4-10-26)19-24-14-12-23(18-28)13-15-24/h5-8,11-17,26H,2-4,9-10,19-21H2,1H3/p+1. The second kappa shape index (κ2) is 9.78. The minimum Gasteiger partial charge on any atom is -0.342 e. The van der Waals surface area contributed by atoms with E-state index in [1.165, 1.54) is 54.5 Å². The molecule has 2 aromatic carbocycles. The van der Waals surface area contributed by atoms with Crippen LogP contribution in [-0.2, 0) is 19.6 Å². The van der Waals surface area contributed by atoms with Gasteiger partial charge in [-0.2, -0.15) is 5.26 Å². The van der Waals surface area contributed by atoms with Gasteiger partial charge in [-0.1, -0.05) is 48.4 Å². The first kappa shape index (κ1) is 20.4. The van der Waals surface area contributed by atoms with Crippen LogP contribution >= 0.6 is 0 Å². The molecular formula is C27H32N3+. The van der Waals surface area contributed by atoms with Crippen LogP contribution in [0.25, 0.3) is 0 Å². The molecule has 1 aliphatic rings. The van der Waals surface area contributed by atoms with Gasteiger partial charge in [0.2, 0.25) is 0 Å². The highest BCUT2D eigenvalue weighted by molar-refractivity contribution is 5.31. The zero-order valence-corrected chi connectivity index (χ0v) is 18.0. The average molecular weight is 399 g/mol. The smallest absolute Gasteiger partial charge is 0.118 e. The second-order valence-electron chi connectivity index (χ2n) is 8.77. The van der Waals surface area contributed by atoms with E-state index in [0.29, 0.717) is 0 Å². The Hall–Kier alpha value is -2.83. The molecule has 1 unspecified atom stereocenters. The summed E-state index contributed by atoms with van der Waals surface area (Å²) in [6, 6.07) is 24.4. The number of benzene rings is 2. The Balaban J connectivity index is 1.53. The minimum atomic E-state index is 0.719. The monoisotopic (exact) mass is 398 g/mol. The maximum absolute atomic E-state index is 9.10. The highest BCUT2D eigenvalue weighted by Crippen LogP contribution is 2.17. The lowest BCUT2D eigenvalue weighted by Gasteiger charge is -2.32. The Morgan fingerprint density at radius 3 is 2.47 bits per heavy atom.